The van der Waals surface area contributed by atoms with E-state index in [9.17, 15) is 19.9 Å². The normalized spacial score (nSPS) is 30.4. The van der Waals surface area contributed by atoms with Gasteiger partial charge >= 0.3 is 0 Å². The molecule has 1 unspecified atom stereocenters. The van der Waals surface area contributed by atoms with E-state index in [0.717, 1.165) is 4.68 Å². The van der Waals surface area contributed by atoms with Gasteiger partial charge in [-0.15, -0.1) is 5.10 Å². The van der Waals surface area contributed by atoms with Crippen molar-refractivity contribution in [3.8, 4) is 0 Å². The first kappa shape index (κ1) is 27.0. The van der Waals surface area contributed by atoms with Gasteiger partial charge in [-0.05, 0) is 11.8 Å². The molecule has 2 aliphatic rings. The third-order valence-electron chi connectivity index (χ3n) is 6.79. The zero-order valence-electron chi connectivity index (χ0n) is 20.3. The van der Waals surface area contributed by atoms with E-state index in [0.29, 0.717) is 11.2 Å². The first-order valence-corrected chi connectivity index (χ1v) is 14.6. The van der Waals surface area contributed by atoms with Crippen molar-refractivity contribution in [2.45, 2.75) is 48.9 Å². The summed E-state index contributed by atoms with van der Waals surface area (Å²) in [7, 11) is 0. The first-order chi connectivity index (χ1) is 19.1. The molecular formula is C19H23FN11O7PS. The van der Waals surface area contributed by atoms with Gasteiger partial charge in [-0.3, -0.25) is 9.78 Å². The Morgan fingerprint density at radius 1 is 1.27 bits per heavy atom. The predicted molar refractivity (Wildman–Crippen MR) is 136 cm³/mol. The van der Waals surface area contributed by atoms with Crippen LogP contribution in [0.4, 0.5) is 16.3 Å². The second-order valence-corrected chi connectivity index (χ2v) is 12.8. The SMILES string of the molecule is Nc1nc2c(nnn2[C@@H]2O[C@H](CO)[C@H](F)[C@H]2P(O)(=S)OC[C@H]2O[C@@H](c3cnn4c(N)ncnc34)C[C@@H]2O)c(=O)[nH]1. The molecule has 4 aromatic heterocycles. The Morgan fingerprint density at radius 3 is 2.85 bits per heavy atom. The van der Waals surface area contributed by atoms with E-state index >= 15 is 4.39 Å². The van der Waals surface area contributed by atoms with E-state index in [1.807, 2.05) is 0 Å². The predicted octanol–water partition coefficient (Wildman–Crippen LogP) is -2.08. The van der Waals surface area contributed by atoms with Crippen LogP contribution in [-0.2, 0) is 25.8 Å². The molecule has 2 saturated heterocycles. The highest BCUT2D eigenvalue weighted by molar-refractivity contribution is 8.09. The Labute approximate surface area is 227 Å². The fourth-order valence-corrected chi connectivity index (χ4v) is 7.30. The molecule has 0 aliphatic carbocycles. The molecule has 18 nitrogen and oxygen atoms in total. The van der Waals surface area contributed by atoms with Crippen LogP contribution in [0.25, 0.3) is 16.8 Å². The Balaban J connectivity index is 1.23. The minimum Gasteiger partial charge on any atom is -0.394 e. The van der Waals surface area contributed by atoms with Crippen molar-refractivity contribution in [1.29, 1.82) is 0 Å². The van der Waals surface area contributed by atoms with Crippen molar-refractivity contribution >= 4 is 47.0 Å². The fraction of sp³-hybridized carbons (Fsp3) is 0.526. The first-order valence-electron chi connectivity index (χ1n) is 11.8. The number of aromatic nitrogens is 9. The van der Waals surface area contributed by atoms with Crippen LogP contribution in [0.3, 0.4) is 0 Å². The Hall–Kier alpha value is -3.23. The molecule has 2 aliphatic heterocycles. The number of alkyl halides is 1. The van der Waals surface area contributed by atoms with Gasteiger partial charge in [0.25, 0.3) is 5.56 Å². The quantitative estimate of drug-likeness (QED) is 0.125. The molecule has 0 aromatic carbocycles. The molecule has 0 spiro atoms. The number of fused-ring (bicyclic) bond motifs is 2. The van der Waals surface area contributed by atoms with E-state index in [-0.39, 0.29) is 29.5 Å². The largest absolute Gasteiger partial charge is 0.394 e. The lowest BCUT2D eigenvalue weighted by Crippen LogP contribution is -2.33. The van der Waals surface area contributed by atoms with Gasteiger partial charge in [-0.1, -0.05) is 5.21 Å². The molecule has 40 heavy (non-hydrogen) atoms. The van der Waals surface area contributed by atoms with E-state index in [1.165, 1.54) is 17.0 Å². The monoisotopic (exact) mass is 599 g/mol. The number of aliphatic hydroxyl groups excluding tert-OH is 2. The molecule has 0 saturated carbocycles. The van der Waals surface area contributed by atoms with Crippen molar-refractivity contribution in [2.24, 2.45) is 0 Å². The zero-order chi connectivity index (χ0) is 28.3. The molecule has 214 valence electrons. The van der Waals surface area contributed by atoms with Crippen LogP contribution in [0, 0.1) is 0 Å². The van der Waals surface area contributed by atoms with Crippen LogP contribution in [-0.4, -0.2) is 103 Å². The smallest absolute Gasteiger partial charge is 0.282 e. The molecule has 0 amide bonds. The maximum atomic E-state index is 15.5. The number of rotatable bonds is 7. The van der Waals surface area contributed by atoms with Crippen molar-refractivity contribution in [3.05, 3.63) is 28.4 Å². The Morgan fingerprint density at radius 2 is 2.08 bits per heavy atom. The zero-order valence-corrected chi connectivity index (χ0v) is 22.0. The number of nitrogens with two attached hydrogens (primary N) is 2. The molecule has 6 heterocycles. The summed E-state index contributed by atoms with van der Waals surface area (Å²) >= 11 is 5.35. The highest BCUT2D eigenvalue weighted by Gasteiger charge is 2.54. The number of nitrogens with one attached hydrogen (secondary N) is 1. The fourth-order valence-electron chi connectivity index (χ4n) is 4.85. The lowest BCUT2D eigenvalue weighted by molar-refractivity contribution is -0.0383. The summed E-state index contributed by atoms with van der Waals surface area (Å²) in [6, 6.07) is 0. The van der Waals surface area contributed by atoms with Gasteiger partial charge in [-0.25, -0.2) is 14.4 Å². The molecule has 8 N–H and O–H groups in total. The number of halogens is 1. The summed E-state index contributed by atoms with van der Waals surface area (Å²) in [5.74, 6) is -0.137. The number of nitrogen functional groups attached to an aromatic ring is 2. The number of hydrogen-bond donors (Lipinski definition) is 6. The van der Waals surface area contributed by atoms with E-state index in [2.05, 4.69) is 35.3 Å². The van der Waals surface area contributed by atoms with Crippen LogP contribution in [0.2, 0.25) is 0 Å². The highest BCUT2D eigenvalue weighted by Crippen LogP contribution is 2.58. The number of anilines is 2. The van der Waals surface area contributed by atoms with Crippen LogP contribution in [0.1, 0.15) is 24.3 Å². The Bertz CT molecular complexity index is 1690. The van der Waals surface area contributed by atoms with E-state index in [1.54, 1.807) is 0 Å². The van der Waals surface area contributed by atoms with Gasteiger partial charge in [0.2, 0.25) is 11.9 Å². The minimum absolute atomic E-state index is 0.119. The molecule has 21 heteroatoms. The third kappa shape index (κ3) is 4.41. The molecular weight excluding hydrogens is 576 g/mol. The minimum atomic E-state index is -4.11. The summed E-state index contributed by atoms with van der Waals surface area (Å²) in [6.07, 6.45) is -4.55. The Kier molecular flexibility index (Phi) is 6.74. The average Bonchev–Trinajstić information content (AvgIpc) is 3.67. The number of nitrogens with zero attached hydrogens (tertiary/aromatic N) is 8. The molecule has 0 bridgehead atoms. The summed E-state index contributed by atoms with van der Waals surface area (Å²) in [5, 5.41) is 32.0. The molecule has 4 aromatic rings. The average molecular weight is 600 g/mol. The van der Waals surface area contributed by atoms with Crippen molar-refractivity contribution in [2.75, 3.05) is 24.7 Å². The van der Waals surface area contributed by atoms with Gasteiger partial charge in [0, 0.05) is 12.0 Å². The lowest BCUT2D eigenvalue weighted by atomic mass is 10.1. The molecule has 0 radical (unpaired) electrons. The van der Waals surface area contributed by atoms with Gasteiger partial charge in [0.05, 0.1) is 31.6 Å². The van der Waals surface area contributed by atoms with Crippen LogP contribution < -0.4 is 17.0 Å². The highest BCUT2D eigenvalue weighted by atomic mass is 32.5. The van der Waals surface area contributed by atoms with Gasteiger partial charge in [-0.2, -0.15) is 19.3 Å². The lowest BCUT2D eigenvalue weighted by Gasteiger charge is -2.28. The van der Waals surface area contributed by atoms with Gasteiger partial charge < -0.3 is 40.6 Å². The number of aromatic amines is 1. The number of aliphatic hydroxyl groups is 2. The second kappa shape index (κ2) is 10.00. The van der Waals surface area contributed by atoms with Crippen molar-refractivity contribution in [1.82, 2.24) is 44.5 Å². The molecule has 2 fully saturated rings. The number of ether oxygens (including phenoxy) is 2. The topological polar surface area (TPSA) is 260 Å². The van der Waals surface area contributed by atoms with Crippen LogP contribution in [0.15, 0.2) is 17.3 Å². The maximum Gasteiger partial charge on any atom is 0.282 e. The van der Waals surface area contributed by atoms with Crippen LogP contribution in [0.5, 0.6) is 0 Å². The standard InChI is InChI=1S/C19H23FN11O7PS/c20-11-9(3-32)38-17(30-15-12(28-29-30)16(34)27-18(21)26-15)13(11)39(35,40)36-4-10-7(33)1-8(37-10)6-2-25-31-14(6)23-5-24-19(31)22/h2,5,7-11,13,17,32-33H,1,3-4H2,(H,35,40)(H2,22,23,24)(H3,21,26,27,34)/t7-,8+,9+,10+,11-,13+,17+,39?/m0/s1. The second-order valence-electron chi connectivity index (χ2n) is 9.23. The number of hydrogen-bond acceptors (Lipinski definition) is 15. The molecule has 8 atom stereocenters. The maximum absolute atomic E-state index is 15.5. The van der Waals surface area contributed by atoms with Crippen molar-refractivity contribution < 1.29 is 33.5 Å². The van der Waals surface area contributed by atoms with Crippen LogP contribution >= 0.6 is 6.49 Å². The van der Waals surface area contributed by atoms with Crippen molar-refractivity contribution in [3.63, 3.8) is 0 Å². The number of H-pyrrole nitrogens is 1. The van der Waals surface area contributed by atoms with E-state index in [4.69, 9.17) is 37.3 Å². The summed E-state index contributed by atoms with van der Waals surface area (Å²) in [5.41, 5.74) is 9.79. The summed E-state index contributed by atoms with van der Waals surface area (Å²) in [6.45, 7) is -5.25. The third-order valence-corrected chi connectivity index (χ3v) is 9.65. The summed E-state index contributed by atoms with van der Waals surface area (Å²) < 4.78 is 35.0. The van der Waals surface area contributed by atoms with Gasteiger partial charge in [0.15, 0.2) is 29.5 Å². The van der Waals surface area contributed by atoms with Gasteiger partial charge in [0.1, 0.15) is 30.4 Å². The van der Waals surface area contributed by atoms with E-state index < -0.39 is 67.7 Å². The molecule has 6 rings (SSSR count). The summed E-state index contributed by atoms with van der Waals surface area (Å²) in [4.78, 5) is 37.7.